The smallest absolute Gasteiger partial charge is 0.141 e. The van der Waals surface area contributed by atoms with Gasteiger partial charge in [0.2, 0.25) is 0 Å². The summed E-state index contributed by atoms with van der Waals surface area (Å²) >= 11 is 6.02. The zero-order valence-electron chi connectivity index (χ0n) is 10.4. The Balaban J connectivity index is 2.27. The Morgan fingerprint density at radius 3 is 2.42 bits per heavy atom. The molecule has 1 aromatic heterocycles. The van der Waals surface area contributed by atoms with Gasteiger partial charge >= 0.3 is 0 Å². The van der Waals surface area contributed by atoms with Crippen LogP contribution in [0.15, 0.2) is 36.4 Å². The number of fused-ring (bicyclic) bond motifs is 1. The van der Waals surface area contributed by atoms with Crippen molar-refractivity contribution < 1.29 is 0 Å². The van der Waals surface area contributed by atoms with Gasteiger partial charge in [0.25, 0.3) is 0 Å². The average Bonchev–Trinajstić information content (AvgIpc) is 2.66. The molecule has 96 valence electrons. The maximum Gasteiger partial charge on any atom is 0.141 e. The molecule has 19 heavy (non-hydrogen) atoms. The van der Waals surface area contributed by atoms with Gasteiger partial charge in [-0.05, 0) is 36.4 Å². The number of hydrogen-bond donors (Lipinski definition) is 2. The van der Waals surface area contributed by atoms with Gasteiger partial charge in [0.15, 0.2) is 0 Å². The minimum absolute atomic E-state index is 0.625. The van der Waals surface area contributed by atoms with E-state index in [-0.39, 0.29) is 0 Å². The SMILES string of the molecule is Cn1c(-c2cc(N)cc(N)c2)nc2ccc(Cl)cc21. The van der Waals surface area contributed by atoms with Gasteiger partial charge in [0, 0.05) is 29.0 Å². The molecule has 0 atom stereocenters. The van der Waals surface area contributed by atoms with E-state index in [0.29, 0.717) is 16.4 Å². The van der Waals surface area contributed by atoms with Crippen LogP contribution in [0.1, 0.15) is 0 Å². The maximum atomic E-state index is 6.02. The molecule has 0 amide bonds. The molecule has 4 N–H and O–H groups in total. The largest absolute Gasteiger partial charge is 0.399 e. The van der Waals surface area contributed by atoms with Crippen LogP contribution < -0.4 is 11.5 Å². The summed E-state index contributed by atoms with van der Waals surface area (Å²) in [5.41, 5.74) is 15.7. The highest BCUT2D eigenvalue weighted by Gasteiger charge is 2.11. The highest BCUT2D eigenvalue weighted by Crippen LogP contribution is 2.28. The molecule has 0 aliphatic rings. The second-order valence-corrected chi connectivity index (χ2v) is 4.95. The van der Waals surface area contributed by atoms with Crippen molar-refractivity contribution in [1.82, 2.24) is 9.55 Å². The molecular formula is C14H13ClN4. The third-order valence-corrected chi connectivity index (χ3v) is 3.31. The van der Waals surface area contributed by atoms with E-state index in [4.69, 9.17) is 23.1 Å². The molecule has 3 rings (SSSR count). The quantitative estimate of drug-likeness (QED) is 0.669. The standard InChI is InChI=1S/C14H13ClN4/c1-19-13-6-9(15)2-3-12(13)18-14(19)8-4-10(16)7-11(17)5-8/h2-7H,16-17H2,1H3. The third-order valence-electron chi connectivity index (χ3n) is 3.08. The number of benzene rings is 2. The van der Waals surface area contributed by atoms with Gasteiger partial charge in [-0.3, -0.25) is 0 Å². The Morgan fingerprint density at radius 2 is 1.74 bits per heavy atom. The topological polar surface area (TPSA) is 69.9 Å². The lowest BCUT2D eigenvalue weighted by Gasteiger charge is -2.05. The number of anilines is 2. The number of imidazole rings is 1. The van der Waals surface area contributed by atoms with Gasteiger partial charge in [0.1, 0.15) is 5.82 Å². The summed E-state index contributed by atoms with van der Waals surface area (Å²) in [6.07, 6.45) is 0. The molecular weight excluding hydrogens is 260 g/mol. The molecule has 0 spiro atoms. The second kappa shape index (κ2) is 4.17. The van der Waals surface area contributed by atoms with E-state index in [2.05, 4.69) is 4.98 Å². The number of nitrogens with zero attached hydrogens (tertiary/aromatic N) is 2. The first kappa shape index (κ1) is 11.9. The van der Waals surface area contributed by atoms with Crippen LogP contribution in [0.3, 0.4) is 0 Å². The summed E-state index contributed by atoms with van der Waals surface area (Å²) in [4.78, 5) is 4.60. The molecule has 2 aromatic carbocycles. The van der Waals surface area contributed by atoms with E-state index < -0.39 is 0 Å². The fourth-order valence-corrected chi connectivity index (χ4v) is 2.39. The van der Waals surface area contributed by atoms with Crippen molar-refractivity contribution >= 4 is 34.0 Å². The van der Waals surface area contributed by atoms with Crippen LogP contribution in [-0.2, 0) is 7.05 Å². The lowest BCUT2D eigenvalue weighted by atomic mass is 10.1. The van der Waals surface area contributed by atoms with Crippen LogP contribution in [0, 0.1) is 0 Å². The van der Waals surface area contributed by atoms with Gasteiger partial charge in [-0.15, -0.1) is 0 Å². The Bertz CT molecular complexity index is 756. The molecule has 0 fully saturated rings. The number of aromatic nitrogens is 2. The summed E-state index contributed by atoms with van der Waals surface area (Å²) in [6.45, 7) is 0. The maximum absolute atomic E-state index is 6.02. The van der Waals surface area contributed by atoms with Crippen LogP contribution in [-0.4, -0.2) is 9.55 Å². The number of hydrogen-bond acceptors (Lipinski definition) is 3. The number of halogens is 1. The third kappa shape index (κ3) is 2.00. The second-order valence-electron chi connectivity index (χ2n) is 4.52. The van der Waals surface area contributed by atoms with Crippen LogP contribution >= 0.6 is 11.6 Å². The highest BCUT2D eigenvalue weighted by atomic mass is 35.5. The number of aryl methyl sites for hydroxylation is 1. The Labute approximate surface area is 115 Å². The van der Waals surface area contributed by atoms with Gasteiger partial charge in [0.05, 0.1) is 11.0 Å². The van der Waals surface area contributed by atoms with Gasteiger partial charge in [-0.1, -0.05) is 11.6 Å². The average molecular weight is 273 g/mol. The van der Waals surface area contributed by atoms with E-state index in [1.54, 1.807) is 6.07 Å². The number of nitrogens with two attached hydrogens (primary N) is 2. The van der Waals surface area contributed by atoms with E-state index in [1.165, 1.54) is 0 Å². The molecule has 0 saturated heterocycles. The number of rotatable bonds is 1. The fourth-order valence-electron chi connectivity index (χ4n) is 2.23. The first-order valence-corrected chi connectivity index (χ1v) is 6.21. The van der Waals surface area contributed by atoms with Gasteiger partial charge in [-0.25, -0.2) is 4.98 Å². The van der Waals surface area contributed by atoms with E-state index >= 15 is 0 Å². The molecule has 5 heteroatoms. The van der Waals surface area contributed by atoms with Crippen molar-refractivity contribution in [2.75, 3.05) is 11.5 Å². The molecule has 0 radical (unpaired) electrons. The minimum atomic E-state index is 0.625. The Morgan fingerprint density at radius 1 is 1.05 bits per heavy atom. The normalized spacial score (nSPS) is 11.1. The summed E-state index contributed by atoms with van der Waals surface area (Å²) in [7, 11) is 1.94. The molecule has 0 saturated carbocycles. The van der Waals surface area contributed by atoms with Crippen molar-refractivity contribution in [2.24, 2.45) is 7.05 Å². The van der Waals surface area contributed by atoms with Crippen molar-refractivity contribution in [3.63, 3.8) is 0 Å². The predicted octanol–water partition coefficient (Wildman–Crippen LogP) is 3.06. The lowest BCUT2D eigenvalue weighted by molar-refractivity contribution is 0.959. The molecule has 3 aromatic rings. The van der Waals surface area contributed by atoms with E-state index in [0.717, 1.165) is 22.4 Å². The minimum Gasteiger partial charge on any atom is -0.399 e. The van der Waals surface area contributed by atoms with Gasteiger partial charge < -0.3 is 16.0 Å². The molecule has 4 nitrogen and oxygen atoms in total. The Kier molecular flexibility index (Phi) is 2.61. The van der Waals surface area contributed by atoms with Crippen LogP contribution in [0.5, 0.6) is 0 Å². The van der Waals surface area contributed by atoms with E-state index in [9.17, 15) is 0 Å². The fraction of sp³-hybridized carbons (Fsp3) is 0.0714. The van der Waals surface area contributed by atoms with Crippen LogP contribution in [0.25, 0.3) is 22.4 Å². The van der Waals surface area contributed by atoms with Crippen LogP contribution in [0.4, 0.5) is 11.4 Å². The molecule has 1 heterocycles. The molecule has 0 aliphatic heterocycles. The number of nitrogen functional groups attached to an aromatic ring is 2. The summed E-state index contributed by atoms with van der Waals surface area (Å²) in [6, 6.07) is 11.1. The first-order chi connectivity index (χ1) is 9.04. The van der Waals surface area contributed by atoms with E-state index in [1.807, 2.05) is 41.9 Å². The summed E-state index contributed by atoms with van der Waals surface area (Å²) in [5, 5.41) is 0.689. The molecule has 0 bridgehead atoms. The van der Waals surface area contributed by atoms with Crippen LogP contribution in [0.2, 0.25) is 5.02 Å². The Hall–Kier alpha value is -2.20. The zero-order valence-corrected chi connectivity index (χ0v) is 11.1. The van der Waals surface area contributed by atoms with Crippen molar-refractivity contribution in [3.8, 4) is 11.4 Å². The van der Waals surface area contributed by atoms with Gasteiger partial charge in [-0.2, -0.15) is 0 Å². The van der Waals surface area contributed by atoms with Crippen molar-refractivity contribution in [1.29, 1.82) is 0 Å². The molecule has 0 aliphatic carbocycles. The summed E-state index contributed by atoms with van der Waals surface area (Å²) < 4.78 is 1.98. The molecule has 0 unspecified atom stereocenters. The zero-order chi connectivity index (χ0) is 13.6. The lowest BCUT2D eigenvalue weighted by Crippen LogP contribution is -1.96. The first-order valence-electron chi connectivity index (χ1n) is 5.83. The highest BCUT2D eigenvalue weighted by molar-refractivity contribution is 6.31. The monoisotopic (exact) mass is 272 g/mol. The van der Waals surface area contributed by atoms with Crippen molar-refractivity contribution in [3.05, 3.63) is 41.4 Å². The summed E-state index contributed by atoms with van der Waals surface area (Å²) in [5.74, 6) is 0.816. The van der Waals surface area contributed by atoms with Crippen molar-refractivity contribution in [2.45, 2.75) is 0 Å². The predicted molar refractivity (Wildman–Crippen MR) is 80.0 cm³/mol.